The van der Waals surface area contributed by atoms with Crippen molar-refractivity contribution in [2.75, 3.05) is 23.7 Å². The first-order chi connectivity index (χ1) is 9.83. The lowest BCUT2D eigenvalue weighted by Gasteiger charge is -2.21. The van der Waals surface area contributed by atoms with Gasteiger partial charge < -0.3 is 10.5 Å². The summed E-state index contributed by atoms with van der Waals surface area (Å²) in [4.78, 5) is 4.42. The van der Waals surface area contributed by atoms with Crippen LogP contribution in [-0.2, 0) is 27.6 Å². The Kier molecular flexibility index (Phi) is 3.12. The predicted octanol–water partition coefficient (Wildman–Crippen LogP) is 0.655. The van der Waals surface area contributed by atoms with Gasteiger partial charge in [0.2, 0.25) is 10.0 Å². The Bertz CT molecular complexity index is 714. The third-order valence-electron chi connectivity index (χ3n) is 4.04. The first-order valence-electron chi connectivity index (χ1n) is 6.91. The summed E-state index contributed by atoms with van der Waals surface area (Å²) in [6.45, 7) is 2.73. The summed E-state index contributed by atoms with van der Waals surface area (Å²) in [5, 5.41) is 0. The SMILES string of the molecule is CCN(c1ccc2c(c1)C[C@@]1(COC(N)=N1)C2)S(C)(=O)=O. The minimum Gasteiger partial charge on any atom is -0.463 e. The van der Waals surface area contributed by atoms with Gasteiger partial charge >= 0.3 is 0 Å². The maximum absolute atomic E-state index is 11.8. The van der Waals surface area contributed by atoms with E-state index in [0.29, 0.717) is 18.8 Å². The highest BCUT2D eigenvalue weighted by atomic mass is 32.2. The van der Waals surface area contributed by atoms with Gasteiger partial charge in [-0.15, -0.1) is 0 Å². The molecule has 2 N–H and O–H groups in total. The summed E-state index contributed by atoms with van der Waals surface area (Å²) < 4.78 is 30.3. The average Bonchev–Trinajstić information content (AvgIpc) is 2.90. The second-order valence-electron chi connectivity index (χ2n) is 5.70. The standard InChI is InChI=1S/C14H19N3O3S/c1-3-17(21(2,18)19)12-5-4-10-7-14(8-11(10)6-12)9-20-13(15)16-14/h4-6H,3,7-9H2,1-2H3,(H2,15,16)/t14-/m1/s1. The van der Waals surface area contributed by atoms with E-state index >= 15 is 0 Å². The molecule has 2 aliphatic rings. The van der Waals surface area contributed by atoms with Crippen LogP contribution in [0.15, 0.2) is 23.2 Å². The Morgan fingerprint density at radius 1 is 1.38 bits per heavy atom. The molecule has 1 aliphatic heterocycles. The monoisotopic (exact) mass is 309 g/mol. The van der Waals surface area contributed by atoms with Crippen molar-refractivity contribution in [3.8, 4) is 0 Å². The summed E-state index contributed by atoms with van der Waals surface area (Å²) in [5.74, 6) is 0. The maximum Gasteiger partial charge on any atom is 0.282 e. The lowest BCUT2D eigenvalue weighted by Crippen LogP contribution is -2.29. The zero-order chi connectivity index (χ0) is 15.3. The molecule has 0 radical (unpaired) electrons. The van der Waals surface area contributed by atoms with Crippen molar-refractivity contribution < 1.29 is 13.2 Å². The van der Waals surface area contributed by atoms with Crippen LogP contribution in [0.3, 0.4) is 0 Å². The van der Waals surface area contributed by atoms with Crippen LogP contribution in [0.5, 0.6) is 0 Å². The number of fused-ring (bicyclic) bond motifs is 1. The number of aliphatic imine (C=N–C) groups is 1. The molecule has 1 aliphatic carbocycles. The van der Waals surface area contributed by atoms with Gasteiger partial charge in [-0.1, -0.05) is 6.07 Å². The molecule has 1 heterocycles. The molecule has 3 rings (SSSR count). The Hall–Kier alpha value is -1.76. The Morgan fingerprint density at radius 2 is 2.10 bits per heavy atom. The van der Waals surface area contributed by atoms with Crippen molar-refractivity contribution >= 4 is 21.7 Å². The first-order valence-corrected chi connectivity index (χ1v) is 8.75. The third kappa shape index (κ3) is 2.46. The zero-order valence-electron chi connectivity index (χ0n) is 12.2. The van der Waals surface area contributed by atoms with E-state index in [-0.39, 0.29) is 11.6 Å². The van der Waals surface area contributed by atoms with Crippen molar-refractivity contribution in [2.45, 2.75) is 25.3 Å². The largest absolute Gasteiger partial charge is 0.463 e. The fraction of sp³-hybridized carbons (Fsp3) is 0.500. The number of hydrogen-bond acceptors (Lipinski definition) is 5. The topological polar surface area (TPSA) is 85.0 Å². The molecule has 1 aromatic rings. The molecule has 0 saturated heterocycles. The van der Waals surface area contributed by atoms with Crippen LogP contribution in [0.2, 0.25) is 0 Å². The highest BCUT2D eigenvalue weighted by Crippen LogP contribution is 2.37. The Labute approximate surface area is 124 Å². The van der Waals surface area contributed by atoms with Crippen LogP contribution in [0, 0.1) is 0 Å². The molecule has 114 valence electrons. The van der Waals surface area contributed by atoms with Gasteiger partial charge in [0.25, 0.3) is 6.02 Å². The van der Waals surface area contributed by atoms with Gasteiger partial charge in [0.05, 0.1) is 11.9 Å². The van der Waals surface area contributed by atoms with Crippen LogP contribution >= 0.6 is 0 Å². The van der Waals surface area contributed by atoms with Crippen molar-refractivity contribution in [3.05, 3.63) is 29.3 Å². The van der Waals surface area contributed by atoms with E-state index in [2.05, 4.69) is 4.99 Å². The lowest BCUT2D eigenvalue weighted by atomic mass is 9.99. The molecule has 0 amide bonds. The van der Waals surface area contributed by atoms with Crippen LogP contribution in [0.4, 0.5) is 5.69 Å². The normalized spacial score (nSPS) is 23.8. The van der Waals surface area contributed by atoms with Crippen molar-refractivity contribution in [1.29, 1.82) is 0 Å². The van der Waals surface area contributed by atoms with Crippen molar-refractivity contribution in [2.24, 2.45) is 10.7 Å². The lowest BCUT2D eigenvalue weighted by molar-refractivity contribution is 0.258. The third-order valence-corrected chi connectivity index (χ3v) is 5.31. The Morgan fingerprint density at radius 3 is 2.67 bits per heavy atom. The summed E-state index contributed by atoms with van der Waals surface area (Å²) in [7, 11) is -3.26. The molecule has 0 fully saturated rings. The number of hydrogen-bond donors (Lipinski definition) is 1. The second kappa shape index (κ2) is 4.62. The van der Waals surface area contributed by atoms with Gasteiger partial charge in [0.1, 0.15) is 12.1 Å². The summed E-state index contributed by atoms with van der Waals surface area (Å²) in [6, 6.07) is 6.02. The minimum atomic E-state index is -3.26. The van der Waals surface area contributed by atoms with Crippen LogP contribution in [0.25, 0.3) is 0 Å². The number of ether oxygens (including phenoxy) is 1. The van der Waals surface area contributed by atoms with Gasteiger partial charge in [-0.25, -0.2) is 13.4 Å². The minimum absolute atomic E-state index is 0.245. The molecule has 21 heavy (non-hydrogen) atoms. The highest BCUT2D eigenvalue weighted by Gasteiger charge is 2.42. The molecule has 1 spiro atoms. The summed E-state index contributed by atoms with van der Waals surface area (Å²) in [5.41, 5.74) is 8.33. The van der Waals surface area contributed by atoms with Crippen LogP contribution in [0.1, 0.15) is 18.1 Å². The molecule has 0 unspecified atom stereocenters. The fourth-order valence-electron chi connectivity index (χ4n) is 3.17. The quantitative estimate of drug-likeness (QED) is 0.888. The van der Waals surface area contributed by atoms with Crippen molar-refractivity contribution in [1.82, 2.24) is 0 Å². The number of nitrogens with zero attached hydrogens (tertiary/aromatic N) is 2. The van der Waals surface area contributed by atoms with E-state index in [1.807, 2.05) is 25.1 Å². The smallest absolute Gasteiger partial charge is 0.282 e. The maximum atomic E-state index is 11.8. The molecular weight excluding hydrogens is 290 g/mol. The first kappa shape index (κ1) is 14.2. The average molecular weight is 309 g/mol. The number of nitrogens with two attached hydrogens (primary N) is 1. The van der Waals surface area contributed by atoms with Gasteiger partial charge in [0.15, 0.2) is 0 Å². The molecule has 0 bridgehead atoms. The van der Waals surface area contributed by atoms with E-state index in [9.17, 15) is 8.42 Å². The van der Waals surface area contributed by atoms with Gasteiger partial charge in [-0.2, -0.15) is 0 Å². The number of benzene rings is 1. The van der Waals surface area contributed by atoms with Crippen LogP contribution < -0.4 is 10.0 Å². The van der Waals surface area contributed by atoms with Crippen LogP contribution in [-0.4, -0.2) is 39.4 Å². The van der Waals surface area contributed by atoms with Gasteiger partial charge in [-0.05, 0) is 30.2 Å². The predicted molar refractivity (Wildman–Crippen MR) is 82.0 cm³/mol. The van der Waals surface area contributed by atoms with E-state index in [0.717, 1.165) is 18.4 Å². The number of sulfonamides is 1. The molecule has 0 aromatic heterocycles. The second-order valence-corrected chi connectivity index (χ2v) is 7.60. The molecule has 6 nitrogen and oxygen atoms in total. The van der Waals surface area contributed by atoms with E-state index in [1.165, 1.54) is 16.1 Å². The highest BCUT2D eigenvalue weighted by molar-refractivity contribution is 7.92. The summed E-state index contributed by atoms with van der Waals surface area (Å²) >= 11 is 0. The van der Waals surface area contributed by atoms with E-state index in [1.54, 1.807) is 0 Å². The van der Waals surface area contributed by atoms with Crippen molar-refractivity contribution in [3.63, 3.8) is 0 Å². The zero-order valence-corrected chi connectivity index (χ0v) is 13.0. The number of rotatable bonds is 3. The van der Waals surface area contributed by atoms with Gasteiger partial charge in [-0.3, -0.25) is 4.31 Å². The molecule has 0 saturated carbocycles. The van der Waals surface area contributed by atoms with E-state index in [4.69, 9.17) is 10.5 Å². The molecule has 1 aromatic carbocycles. The fourth-order valence-corrected chi connectivity index (χ4v) is 4.14. The summed E-state index contributed by atoms with van der Waals surface area (Å²) in [6.07, 6.45) is 2.74. The molecular formula is C14H19N3O3S. The van der Waals surface area contributed by atoms with E-state index < -0.39 is 10.0 Å². The van der Waals surface area contributed by atoms with Gasteiger partial charge in [0, 0.05) is 19.4 Å². The number of amidine groups is 1. The molecule has 1 atom stereocenters. The molecule has 7 heteroatoms. The number of anilines is 1. The Balaban J connectivity index is 1.94.